The number of hydrogen-bond donors (Lipinski definition) is 2. The van der Waals surface area contributed by atoms with E-state index in [0.717, 1.165) is 5.75 Å². The second-order valence-corrected chi connectivity index (χ2v) is 4.93. The second kappa shape index (κ2) is 8.55. The third-order valence-corrected chi connectivity index (χ3v) is 2.90. The number of carbonyl (C=O) groups excluding carboxylic acids is 1. The number of nitrogens with one attached hydrogen (secondary N) is 1. The molecule has 0 fully saturated rings. The summed E-state index contributed by atoms with van der Waals surface area (Å²) in [5.74, 6) is 1.07. The van der Waals surface area contributed by atoms with Crippen LogP contribution in [0.25, 0.3) is 0 Å². The molecule has 0 saturated heterocycles. The van der Waals surface area contributed by atoms with Crippen LogP contribution in [0.5, 0.6) is 5.75 Å². The quantitative estimate of drug-likeness (QED) is 0.704. The summed E-state index contributed by atoms with van der Waals surface area (Å²) in [5.41, 5.74) is 6.86. The topological polar surface area (TPSA) is 73.6 Å². The number of amides is 1. The van der Waals surface area contributed by atoms with Crippen molar-refractivity contribution >= 4 is 5.91 Å². The van der Waals surface area contributed by atoms with Gasteiger partial charge in [0.15, 0.2) is 0 Å². The van der Waals surface area contributed by atoms with Crippen LogP contribution in [0, 0.1) is 0 Å². The number of methoxy groups -OCH3 is 1. The third-order valence-electron chi connectivity index (χ3n) is 2.90. The fourth-order valence-corrected chi connectivity index (χ4v) is 1.68. The molecule has 5 heteroatoms. The Morgan fingerprint density at radius 3 is 2.50 bits per heavy atom. The van der Waals surface area contributed by atoms with Gasteiger partial charge >= 0.3 is 0 Å². The zero-order chi connectivity index (χ0) is 15.0. The van der Waals surface area contributed by atoms with Crippen LogP contribution in [0.4, 0.5) is 0 Å². The summed E-state index contributed by atoms with van der Waals surface area (Å²) in [5, 5.41) is 2.70. The highest BCUT2D eigenvalue weighted by atomic mass is 16.5. The van der Waals surface area contributed by atoms with Crippen molar-refractivity contribution in [3.05, 3.63) is 29.8 Å². The van der Waals surface area contributed by atoms with Crippen molar-refractivity contribution in [2.24, 2.45) is 5.73 Å². The van der Waals surface area contributed by atoms with E-state index in [-0.39, 0.29) is 12.5 Å². The lowest BCUT2D eigenvalue weighted by Crippen LogP contribution is -2.44. The first-order chi connectivity index (χ1) is 9.54. The van der Waals surface area contributed by atoms with Gasteiger partial charge < -0.3 is 20.5 Å². The lowest BCUT2D eigenvalue weighted by molar-refractivity contribution is -0.123. The van der Waals surface area contributed by atoms with E-state index in [1.165, 1.54) is 12.7 Å². The Kier molecular flexibility index (Phi) is 7.04. The minimum atomic E-state index is -0.634. The van der Waals surface area contributed by atoms with E-state index >= 15 is 0 Å². The Labute approximate surface area is 120 Å². The van der Waals surface area contributed by atoms with Crippen molar-refractivity contribution in [2.45, 2.75) is 25.8 Å². The van der Waals surface area contributed by atoms with Crippen LogP contribution in [-0.2, 0) is 9.53 Å². The van der Waals surface area contributed by atoms with Crippen LogP contribution in [0.2, 0.25) is 0 Å². The lowest BCUT2D eigenvalue weighted by Gasteiger charge is -2.12. The maximum Gasteiger partial charge on any atom is 0.239 e. The van der Waals surface area contributed by atoms with E-state index in [1.54, 1.807) is 0 Å². The van der Waals surface area contributed by atoms with Crippen molar-refractivity contribution < 1.29 is 14.3 Å². The van der Waals surface area contributed by atoms with Gasteiger partial charge in [0.05, 0.1) is 13.2 Å². The molecule has 1 atom stereocenters. The van der Waals surface area contributed by atoms with Crippen molar-refractivity contribution in [2.75, 3.05) is 26.9 Å². The molecule has 1 aromatic rings. The van der Waals surface area contributed by atoms with E-state index in [2.05, 4.69) is 19.2 Å². The zero-order valence-electron chi connectivity index (χ0n) is 12.4. The zero-order valence-corrected chi connectivity index (χ0v) is 12.4. The summed E-state index contributed by atoms with van der Waals surface area (Å²) in [6.07, 6.45) is 0. The van der Waals surface area contributed by atoms with Gasteiger partial charge in [-0.2, -0.15) is 0 Å². The molecule has 0 aliphatic rings. The van der Waals surface area contributed by atoms with E-state index in [1.807, 2.05) is 24.3 Å². The molecule has 1 amide bonds. The first kappa shape index (κ1) is 16.5. The van der Waals surface area contributed by atoms with Gasteiger partial charge in [0.2, 0.25) is 5.91 Å². The lowest BCUT2D eigenvalue weighted by atomic mass is 10.0. The smallest absolute Gasteiger partial charge is 0.239 e. The number of carbonyl (C=O) groups is 1. The van der Waals surface area contributed by atoms with Crippen LogP contribution in [0.15, 0.2) is 24.3 Å². The van der Waals surface area contributed by atoms with Crippen LogP contribution in [0.3, 0.4) is 0 Å². The predicted octanol–water partition coefficient (Wildman–Crippen LogP) is 1.28. The van der Waals surface area contributed by atoms with Gasteiger partial charge in [0.25, 0.3) is 0 Å². The third kappa shape index (κ3) is 5.59. The Balaban J connectivity index is 2.25. The molecular weight excluding hydrogens is 256 g/mol. The minimum Gasteiger partial charge on any atom is -0.492 e. The highest BCUT2D eigenvalue weighted by molar-refractivity contribution is 5.81. The molecule has 20 heavy (non-hydrogen) atoms. The molecule has 112 valence electrons. The van der Waals surface area contributed by atoms with Crippen molar-refractivity contribution in [3.8, 4) is 5.75 Å². The molecule has 1 rings (SSSR count). The summed E-state index contributed by atoms with van der Waals surface area (Å²) in [4.78, 5) is 11.5. The summed E-state index contributed by atoms with van der Waals surface area (Å²) in [6, 6.07) is 7.34. The summed E-state index contributed by atoms with van der Waals surface area (Å²) in [6.45, 7) is 5.33. The maximum absolute atomic E-state index is 11.5. The van der Waals surface area contributed by atoms with E-state index < -0.39 is 6.04 Å². The fraction of sp³-hybridized carbons (Fsp3) is 0.533. The van der Waals surface area contributed by atoms with E-state index in [4.69, 9.17) is 15.2 Å². The molecule has 0 bridgehead atoms. The number of benzene rings is 1. The van der Waals surface area contributed by atoms with Crippen LogP contribution >= 0.6 is 0 Å². The molecule has 3 N–H and O–H groups in total. The van der Waals surface area contributed by atoms with E-state index in [0.29, 0.717) is 19.1 Å². The molecule has 0 aromatic heterocycles. The van der Waals surface area contributed by atoms with Gasteiger partial charge in [-0.15, -0.1) is 0 Å². The highest BCUT2D eigenvalue weighted by Gasteiger charge is 2.11. The SMILES string of the molecule is COCC(N)C(=O)NCCOc1ccc(C(C)C)cc1. The van der Waals surface area contributed by atoms with Gasteiger partial charge in [-0.1, -0.05) is 26.0 Å². The first-order valence-corrected chi connectivity index (χ1v) is 6.79. The van der Waals surface area contributed by atoms with Crippen LogP contribution in [0.1, 0.15) is 25.3 Å². The number of ether oxygens (including phenoxy) is 2. The summed E-state index contributed by atoms with van der Waals surface area (Å²) >= 11 is 0. The van der Waals surface area contributed by atoms with Gasteiger partial charge in [-0.3, -0.25) is 4.79 Å². The van der Waals surface area contributed by atoms with Gasteiger partial charge in [0.1, 0.15) is 18.4 Å². The fourth-order valence-electron chi connectivity index (χ4n) is 1.68. The van der Waals surface area contributed by atoms with Crippen LogP contribution < -0.4 is 15.8 Å². The van der Waals surface area contributed by atoms with Gasteiger partial charge in [-0.05, 0) is 23.6 Å². The molecule has 0 heterocycles. The first-order valence-electron chi connectivity index (χ1n) is 6.79. The average Bonchev–Trinajstić information content (AvgIpc) is 2.44. The maximum atomic E-state index is 11.5. The van der Waals surface area contributed by atoms with Crippen molar-refractivity contribution in [3.63, 3.8) is 0 Å². The Hall–Kier alpha value is -1.59. The second-order valence-electron chi connectivity index (χ2n) is 4.93. The predicted molar refractivity (Wildman–Crippen MR) is 78.9 cm³/mol. The van der Waals surface area contributed by atoms with Gasteiger partial charge in [-0.25, -0.2) is 0 Å². The van der Waals surface area contributed by atoms with Crippen molar-refractivity contribution in [1.29, 1.82) is 0 Å². The molecule has 1 unspecified atom stereocenters. The van der Waals surface area contributed by atoms with Gasteiger partial charge in [0, 0.05) is 7.11 Å². The Bertz CT molecular complexity index is 404. The standard InChI is InChI=1S/C15H24N2O3/c1-11(2)12-4-6-13(7-5-12)20-9-8-17-15(18)14(16)10-19-3/h4-7,11,14H,8-10,16H2,1-3H3,(H,17,18). The molecule has 0 radical (unpaired) electrons. The molecule has 0 aliphatic heterocycles. The van der Waals surface area contributed by atoms with Crippen molar-refractivity contribution in [1.82, 2.24) is 5.32 Å². The highest BCUT2D eigenvalue weighted by Crippen LogP contribution is 2.18. The molecule has 0 aliphatic carbocycles. The summed E-state index contributed by atoms with van der Waals surface area (Å²) in [7, 11) is 1.51. The molecule has 5 nitrogen and oxygen atoms in total. The summed E-state index contributed by atoms with van der Waals surface area (Å²) < 4.78 is 10.4. The number of rotatable bonds is 8. The number of hydrogen-bond acceptors (Lipinski definition) is 4. The minimum absolute atomic E-state index is 0.212. The molecule has 1 aromatic carbocycles. The largest absolute Gasteiger partial charge is 0.492 e. The van der Waals surface area contributed by atoms with E-state index in [9.17, 15) is 4.79 Å². The van der Waals surface area contributed by atoms with Crippen LogP contribution in [-0.4, -0.2) is 38.8 Å². The molecule has 0 spiro atoms. The normalized spacial score (nSPS) is 12.2. The Morgan fingerprint density at radius 2 is 1.95 bits per heavy atom. The number of nitrogens with two attached hydrogens (primary N) is 1. The molecular formula is C15H24N2O3. The Morgan fingerprint density at radius 1 is 1.30 bits per heavy atom. The molecule has 0 saturated carbocycles. The average molecular weight is 280 g/mol. The monoisotopic (exact) mass is 280 g/mol.